The van der Waals surface area contributed by atoms with Crippen LogP contribution in [0.1, 0.15) is 22.5 Å². The highest BCUT2D eigenvalue weighted by Crippen LogP contribution is 2.33. The monoisotopic (exact) mass is 366 g/mol. The van der Waals surface area contributed by atoms with Gasteiger partial charge in [-0.2, -0.15) is 0 Å². The summed E-state index contributed by atoms with van der Waals surface area (Å²) in [6.45, 7) is 6.45. The second kappa shape index (κ2) is 7.04. The molecule has 2 aromatic rings. The van der Waals surface area contributed by atoms with Gasteiger partial charge in [0, 0.05) is 13.1 Å². The van der Waals surface area contributed by atoms with Crippen LogP contribution in [0.15, 0.2) is 46.7 Å². The molecule has 140 valence electrons. The Morgan fingerprint density at radius 1 is 1.00 bits per heavy atom. The lowest BCUT2D eigenvalue weighted by molar-refractivity contribution is -0.138. The Kier molecular flexibility index (Phi) is 4.58. The third kappa shape index (κ3) is 3.17. The molecule has 2 aliphatic heterocycles. The van der Waals surface area contributed by atoms with Crippen molar-refractivity contribution in [1.82, 2.24) is 9.80 Å². The van der Waals surface area contributed by atoms with E-state index in [1.807, 2.05) is 36.9 Å². The van der Waals surface area contributed by atoms with Gasteiger partial charge in [0.2, 0.25) is 0 Å². The summed E-state index contributed by atoms with van der Waals surface area (Å²) in [6.07, 6.45) is 1.54. The molecule has 0 N–H and O–H groups in total. The Bertz CT molecular complexity index is 908. The van der Waals surface area contributed by atoms with Crippen LogP contribution < -0.4 is 0 Å². The second-order valence-electron chi connectivity index (χ2n) is 6.90. The summed E-state index contributed by atoms with van der Waals surface area (Å²) in [5, 5.41) is 0. The zero-order valence-corrected chi connectivity index (χ0v) is 15.5. The molecule has 0 saturated carbocycles. The third-order valence-electron chi connectivity index (χ3n) is 5.16. The highest BCUT2D eigenvalue weighted by molar-refractivity contribution is 6.35. The molecular formula is C21H22N2O4. The average Bonchev–Trinajstić information content (AvgIpc) is 3.27. The normalized spacial score (nSPS) is 18.0. The molecule has 6 nitrogen and oxygen atoms in total. The SMILES string of the molecule is Cc1ccc(C2=C(N3CCOCC3)C(=O)N(Cc3ccco3)C2=O)cc1C. The van der Waals surface area contributed by atoms with Crippen LogP contribution in [0.3, 0.4) is 0 Å². The highest BCUT2D eigenvalue weighted by atomic mass is 16.5. The number of morpholine rings is 1. The standard InChI is InChI=1S/C21H22N2O4/c1-14-5-6-16(12-15(14)2)18-19(22-7-10-26-11-8-22)21(25)23(20(18)24)13-17-4-3-9-27-17/h3-6,9,12H,7-8,10-11,13H2,1-2H3. The fraction of sp³-hybridized carbons (Fsp3) is 0.333. The number of hydrogen-bond acceptors (Lipinski definition) is 5. The number of imide groups is 1. The summed E-state index contributed by atoms with van der Waals surface area (Å²) in [5.74, 6) is 0.0343. The van der Waals surface area contributed by atoms with Gasteiger partial charge in [-0.1, -0.05) is 18.2 Å². The van der Waals surface area contributed by atoms with Crippen LogP contribution in [-0.4, -0.2) is 47.9 Å². The number of carbonyl (C=O) groups excluding carboxylic acids is 2. The Morgan fingerprint density at radius 2 is 1.78 bits per heavy atom. The van der Waals surface area contributed by atoms with E-state index in [0.29, 0.717) is 43.3 Å². The number of nitrogens with zero attached hydrogens (tertiary/aromatic N) is 2. The number of amides is 2. The first kappa shape index (κ1) is 17.5. The summed E-state index contributed by atoms with van der Waals surface area (Å²) < 4.78 is 10.8. The average molecular weight is 366 g/mol. The Morgan fingerprint density at radius 3 is 2.44 bits per heavy atom. The first-order chi connectivity index (χ1) is 13.1. The van der Waals surface area contributed by atoms with Gasteiger partial charge in [0.1, 0.15) is 11.5 Å². The van der Waals surface area contributed by atoms with Crippen molar-refractivity contribution < 1.29 is 18.7 Å². The van der Waals surface area contributed by atoms with Gasteiger partial charge in [0.05, 0.1) is 31.6 Å². The van der Waals surface area contributed by atoms with Crippen molar-refractivity contribution >= 4 is 17.4 Å². The van der Waals surface area contributed by atoms with Crippen molar-refractivity contribution in [2.24, 2.45) is 0 Å². The zero-order chi connectivity index (χ0) is 19.0. The van der Waals surface area contributed by atoms with Gasteiger partial charge in [-0.05, 0) is 42.7 Å². The Balaban J connectivity index is 1.77. The first-order valence-electron chi connectivity index (χ1n) is 9.09. The quantitative estimate of drug-likeness (QED) is 0.778. The lowest BCUT2D eigenvalue weighted by Gasteiger charge is -2.29. The Hall–Kier alpha value is -2.86. The third-order valence-corrected chi connectivity index (χ3v) is 5.16. The number of rotatable bonds is 4. The Labute approximate surface area is 158 Å². The van der Waals surface area contributed by atoms with Crippen LogP contribution in [0.5, 0.6) is 0 Å². The maximum atomic E-state index is 13.2. The fourth-order valence-corrected chi connectivity index (χ4v) is 3.50. The molecule has 2 aliphatic rings. The van der Waals surface area contributed by atoms with E-state index in [4.69, 9.17) is 9.15 Å². The van der Waals surface area contributed by atoms with E-state index in [1.54, 1.807) is 18.4 Å². The van der Waals surface area contributed by atoms with Gasteiger partial charge in [-0.25, -0.2) is 0 Å². The number of ether oxygens (including phenoxy) is 1. The van der Waals surface area contributed by atoms with Gasteiger partial charge in [-0.15, -0.1) is 0 Å². The van der Waals surface area contributed by atoms with Gasteiger partial charge < -0.3 is 14.1 Å². The van der Waals surface area contributed by atoms with Crippen LogP contribution in [0, 0.1) is 13.8 Å². The molecule has 6 heteroatoms. The number of furan rings is 1. The van der Waals surface area contributed by atoms with Crippen molar-refractivity contribution in [2.45, 2.75) is 20.4 Å². The van der Waals surface area contributed by atoms with E-state index < -0.39 is 0 Å². The van der Waals surface area contributed by atoms with Gasteiger partial charge >= 0.3 is 0 Å². The molecule has 27 heavy (non-hydrogen) atoms. The van der Waals surface area contributed by atoms with E-state index in [0.717, 1.165) is 16.7 Å². The number of benzene rings is 1. The van der Waals surface area contributed by atoms with Crippen molar-refractivity contribution in [3.05, 3.63) is 64.7 Å². The molecule has 1 aromatic heterocycles. The van der Waals surface area contributed by atoms with E-state index in [-0.39, 0.29) is 18.4 Å². The van der Waals surface area contributed by atoms with Crippen LogP contribution in [-0.2, 0) is 20.9 Å². The van der Waals surface area contributed by atoms with Crippen molar-refractivity contribution in [3.63, 3.8) is 0 Å². The van der Waals surface area contributed by atoms with Crippen LogP contribution in [0.2, 0.25) is 0 Å². The van der Waals surface area contributed by atoms with Crippen molar-refractivity contribution in [1.29, 1.82) is 0 Å². The van der Waals surface area contributed by atoms with E-state index in [2.05, 4.69) is 0 Å². The minimum Gasteiger partial charge on any atom is -0.467 e. The number of carbonyl (C=O) groups is 2. The molecule has 3 heterocycles. The molecule has 1 saturated heterocycles. The molecule has 2 amide bonds. The maximum Gasteiger partial charge on any atom is 0.278 e. The van der Waals surface area contributed by atoms with Gasteiger partial charge in [0.15, 0.2) is 0 Å². The first-order valence-corrected chi connectivity index (χ1v) is 9.09. The molecule has 0 spiro atoms. The number of aryl methyl sites for hydroxylation is 2. The minimum atomic E-state index is -0.277. The van der Waals surface area contributed by atoms with E-state index in [1.165, 1.54) is 4.90 Å². The van der Waals surface area contributed by atoms with Crippen LogP contribution >= 0.6 is 0 Å². The zero-order valence-electron chi connectivity index (χ0n) is 15.5. The predicted molar refractivity (Wildman–Crippen MR) is 99.5 cm³/mol. The van der Waals surface area contributed by atoms with E-state index in [9.17, 15) is 9.59 Å². The van der Waals surface area contributed by atoms with Crippen LogP contribution in [0.4, 0.5) is 0 Å². The fourth-order valence-electron chi connectivity index (χ4n) is 3.50. The van der Waals surface area contributed by atoms with Crippen LogP contribution in [0.25, 0.3) is 5.57 Å². The number of hydrogen-bond donors (Lipinski definition) is 0. The molecule has 1 aromatic carbocycles. The predicted octanol–water partition coefficient (Wildman–Crippen LogP) is 2.51. The lowest BCUT2D eigenvalue weighted by Crippen LogP contribution is -2.40. The second-order valence-corrected chi connectivity index (χ2v) is 6.90. The maximum absolute atomic E-state index is 13.2. The molecule has 0 bridgehead atoms. The molecule has 0 unspecified atom stereocenters. The summed E-state index contributed by atoms with van der Waals surface area (Å²) in [7, 11) is 0. The van der Waals surface area contributed by atoms with Gasteiger partial charge in [-0.3, -0.25) is 14.5 Å². The minimum absolute atomic E-state index is 0.132. The van der Waals surface area contributed by atoms with E-state index >= 15 is 0 Å². The summed E-state index contributed by atoms with van der Waals surface area (Å²) in [5.41, 5.74) is 3.96. The highest BCUT2D eigenvalue weighted by Gasteiger charge is 2.42. The largest absolute Gasteiger partial charge is 0.467 e. The molecule has 0 radical (unpaired) electrons. The molecular weight excluding hydrogens is 344 g/mol. The topological polar surface area (TPSA) is 63.0 Å². The summed E-state index contributed by atoms with van der Waals surface area (Å²) in [6, 6.07) is 9.40. The molecule has 4 rings (SSSR count). The molecule has 0 atom stereocenters. The molecule has 0 aliphatic carbocycles. The molecule has 1 fully saturated rings. The van der Waals surface area contributed by atoms with Crippen molar-refractivity contribution in [2.75, 3.05) is 26.3 Å². The van der Waals surface area contributed by atoms with Crippen molar-refractivity contribution in [3.8, 4) is 0 Å². The summed E-state index contributed by atoms with van der Waals surface area (Å²) >= 11 is 0. The van der Waals surface area contributed by atoms with Gasteiger partial charge in [0.25, 0.3) is 11.8 Å². The lowest BCUT2D eigenvalue weighted by atomic mass is 9.99. The smallest absolute Gasteiger partial charge is 0.278 e. The summed E-state index contributed by atoms with van der Waals surface area (Å²) in [4.78, 5) is 29.7.